The van der Waals surface area contributed by atoms with Crippen molar-refractivity contribution in [1.82, 2.24) is 4.90 Å². The van der Waals surface area contributed by atoms with Crippen LogP contribution >= 0.6 is 0 Å². The molecule has 2 aromatic rings. The maximum atomic E-state index is 14.8. The van der Waals surface area contributed by atoms with Crippen molar-refractivity contribution in [2.45, 2.75) is 193 Å². The number of fused-ring (bicyclic) bond motifs is 8. The number of hydrogen-bond donors (Lipinski definition) is 2. The quantitative estimate of drug-likeness (QED) is 0.143. The highest BCUT2D eigenvalue weighted by atomic mass is 16.7. The van der Waals surface area contributed by atoms with Crippen LogP contribution in [0.3, 0.4) is 0 Å². The summed E-state index contributed by atoms with van der Waals surface area (Å²) in [4.78, 5) is 87.6. The van der Waals surface area contributed by atoms with Crippen LogP contribution in [-0.2, 0) is 72.4 Å². The van der Waals surface area contributed by atoms with E-state index in [0.29, 0.717) is 69.8 Å². The van der Waals surface area contributed by atoms with Gasteiger partial charge in [0, 0.05) is 69.6 Å². The molecule has 8 rings (SSSR count). The summed E-state index contributed by atoms with van der Waals surface area (Å²) in [6.07, 6.45) is 10.2. The minimum absolute atomic E-state index is 0.00676. The van der Waals surface area contributed by atoms with Crippen LogP contribution in [0.5, 0.6) is 0 Å². The topological polar surface area (TPSA) is 220 Å². The monoisotopic (exact) mass is 1190 g/mol. The predicted octanol–water partition coefficient (Wildman–Crippen LogP) is 9.67. The van der Waals surface area contributed by atoms with Gasteiger partial charge in [-0.2, -0.15) is 0 Å². The highest BCUT2D eigenvalue weighted by Gasteiger charge is 2.55. The van der Waals surface area contributed by atoms with E-state index in [0.717, 1.165) is 27.8 Å². The summed E-state index contributed by atoms with van der Waals surface area (Å²) in [6, 6.07) is 14.7. The molecule has 2 aliphatic carbocycles. The zero-order chi connectivity index (χ0) is 62.3. The Morgan fingerprint density at radius 2 is 1.45 bits per heavy atom. The number of piperidine rings is 1. The van der Waals surface area contributed by atoms with Gasteiger partial charge in [0.15, 0.2) is 5.78 Å². The van der Waals surface area contributed by atoms with Crippen molar-refractivity contribution in [2.24, 2.45) is 40.9 Å². The van der Waals surface area contributed by atoms with Crippen molar-refractivity contribution < 1.29 is 76.9 Å². The van der Waals surface area contributed by atoms with E-state index in [1.54, 1.807) is 48.0 Å². The fourth-order valence-electron chi connectivity index (χ4n) is 13.7. The maximum absolute atomic E-state index is 14.8. The number of ketones is 3. The summed E-state index contributed by atoms with van der Waals surface area (Å²) in [5.74, 6) is -10.1. The van der Waals surface area contributed by atoms with E-state index in [4.69, 9.17) is 37.9 Å². The SMILES string of the molecule is CO[C@H]1C[C@@H]2CC[C@@H](C)[C@@](O)(O2)C(=O)C(=O)N2CCCC[C@H]2C(=O)O[C@H]([C@H](C)C[C@@H]2CC[C@@H](OC(=O)C3(C)COC4(OC3)c3ccccc3-c3ccccc34)[C@H](OC)C2)CC(=O)[C@H](C)/C=C(\C)[C@@H](O)[C@@H](OC)C(=O)[C@H](C)C[C@H](C)/C=C/C=CC=C1C. The fraction of sp³-hybridized carbons (Fsp3) is 0.623. The molecule has 0 aromatic heterocycles. The summed E-state index contributed by atoms with van der Waals surface area (Å²) in [5.41, 5.74) is 3.94. The number of amides is 1. The van der Waals surface area contributed by atoms with Gasteiger partial charge in [-0.3, -0.25) is 24.0 Å². The molecule has 4 fully saturated rings. The van der Waals surface area contributed by atoms with E-state index in [9.17, 15) is 39.0 Å². The summed E-state index contributed by atoms with van der Waals surface area (Å²) in [7, 11) is 4.53. The Hall–Kier alpha value is -5.50. The first-order valence-electron chi connectivity index (χ1n) is 31.2. The number of methoxy groups -OCH3 is 3. The molecular formula is C69H93NO16. The minimum Gasteiger partial charge on any atom is -0.460 e. The molecule has 470 valence electrons. The first kappa shape index (κ1) is 66.5. The van der Waals surface area contributed by atoms with Crippen molar-refractivity contribution in [2.75, 3.05) is 41.1 Å². The third-order valence-corrected chi connectivity index (χ3v) is 19.2. The number of carbonyl (C=O) groups is 6. The first-order valence-corrected chi connectivity index (χ1v) is 31.2. The Kier molecular flexibility index (Phi) is 22.2. The third-order valence-electron chi connectivity index (χ3n) is 19.2. The van der Waals surface area contributed by atoms with Crippen LogP contribution in [0.4, 0.5) is 0 Å². The van der Waals surface area contributed by atoms with Crippen molar-refractivity contribution in [1.29, 1.82) is 0 Å². The zero-order valence-electron chi connectivity index (χ0n) is 52.3. The number of Topliss-reactive ketones (excluding diaryl/α,β-unsaturated/α-hetero) is 3. The van der Waals surface area contributed by atoms with Crippen LogP contribution in [0, 0.1) is 40.9 Å². The molecule has 0 unspecified atom stereocenters. The number of rotatable bonds is 8. The maximum Gasteiger partial charge on any atom is 0.329 e. The molecule has 17 nitrogen and oxygen atoms in total. The average Bonchev–Trinajstić information content (AvgIpc) is 1.56. The van der Waals surface area contributed by atoms with Crippen LogP contribution in [0.15, 0.2) is 96.1 Å². The largest absolute Gasteiger partial charge is 0.460 e. The highest BCUT2D eigenvalue weighted by Crippen LogP contribution is 2.53. The standard InChI is InChI=1S/C69H93NO16/c1-41-21-13-12-14-22-42(2)57(79-9)37-49-30-28-47(7)68(78,86-49)63(74)64(75)70-32-20-19-27-54(70)65(76)84-58(38-55(71)43(3)34-46(6)61(73)62(81-11)60(72)45(5)33-41)44(4)35-48-29-31-56(59(36-48)80-10)85-66(77)67(8)39-82-69(83-40-67)52-25-17-15-23-50(52)51-24-16-18-26-53(51)69/h12-18,21-26,34,41,43-45,47-49,54,56-59,61-62,73,78H,19-20,27-33,35-40H2,1-11H3/b14-12?,21-13+,42-22?,46-34+/t41-,43-,44-,45-,47-,48+,49+,54+,56-,57+,58+,59-,61-,62+,68-/m1/s1. The van der Waals surface area contributed by atoms with E-state index in [2.05, 4.69) is 0 Å². The number of hydrogen-bond acceptors (Lipinski definition) is 16. The third kappa shape index (κ3) is 14.5. The molecule has 17 heteroatoms. The van der Waals surface area contributed by atoms with Gasteiger partial charge in [0.1, 0.15) is 41.7 Å². The van der Waals surface area contributed by atoms with Gasteiger partial charge in [-0.05, 0) is 125 Å². The second kappa shape index (κ2) is 28.8. The van der Waals surface area contributed by atoms with Crippen LogP contribution in [-0.4, -0.2) is 146 Å². The number of ether oxygens (including phenoxy) is 8. The Labute approximate surface area is 508 Å². The van der Waals surface area contributed by atoms with Gasteiger partial charge in [-0.15, -0.1) is 0 Å². The Morgan fingerprint density at radius 1 is 0.779 bits per heavy atom. The van der Waals surface area contributed by atoms with Gasteiger partial charge >= 0.3 is 11.9 Å². The molecule has 0 radical (unpaired) electrons. The number of carbonyl (C=O) groups excluding carboxylic acids is 6. The molecule has 1 spiro atoms. The van der Waals surface area contributed by atoms with Crippen molar-refractivity contribution in [3.8, 4) is 11.1 Å². The molecule has 4 aliphatic heterocycles. The van der Waals surface area contributed by atoms with E-state index < -0.39 is 113 Å². The average molecular weight is 1190 g/mol. The molecule has 3 saturated heterocycles. The van der Waals surface area contributed by atoms with Gasteiger partial charge in [0.2, 0.25) is 11.6 Å². The van der Waals surface area contributed by atoms with E-state index in [1.165, 1.54) is 12.0 Å². The van der Waals surface area contributed by atoms with Gasteiger partial charge in [0.25, 0.3) is 11.7 Å². The van der Waals surface area contributed by atoms with E-state index >= 15 is 0 Å². The van der Waals surface area contributed by atoms with Gasteiger partial charge < -0.3 is 53.0 Å². The smallest absolute Gasteiger partial charge is 0.329 e. The Bertz CT molecular complexity index is 2840. The van der Waals surface area contributed by atoms with Crippen LogP contribution in [0.25, 0.3) is 11.1 Å². The molecule has 15 atom stereocenters. The van der Waals surface area contributed by atoms with Gasteiger partial charge in [-0.1, -0.05) is 120 Å². The predicted molar refractivity (Wildman–Crippen MR) is 322 cm³/mol. The van der Waals surface area contributed by atoms with Crippen molar-refractivity contribution >= 4 is 35.2 Å². The molecule has 1 saturated carbocycles. The second-order valence-electron chi connectivity index (χ2n) is 25.8. The fourth-order valence-corrected chi connectivity index (χ4v) is 13.7. The lowest BCUT2D eigenvalue weighted by atomic mass is 9.78. The second-order valence-corrected chi connectivity index (χ2v) is 25.8. The summed E-state index contributed by atoms with van der Waals surface area (Å²) in [6.45, 7) is 14.6. The Morgan fingerprint density at radius 3 is 2.10 bits per heavy atom. The highest BCUT2D eigenvalue weighted by molar-refractivity contribution is 6.39. The van der Waals surface area contributed by atoms with E-state index in [1.807, 2.05) is 107 Å². The number of aliphatic hydroxyl groups is 2. The Balaban J connectivity index is 1.00. The normalized spacial score (nSPS) is 34.8. The molecule has 2 aromatic carbocycles. The summed E-state index contributed by atoms with van der Waals surface area (Å²) in [5, 5.41) is 23.8. The minimum atomic E-state index is -2.47. The van der Waals surface area contributed by atoms with E-state index in [-0.39, 0.29) is 56.0 Å². The molecule has 2 N–H and O–H groups in total. The summed E-state index contributed by atoms with van der Waals surface area (Å²) < 4.78 is 49.7. The number of benzene rings is 2. The number of esters is 2. The van der Waals surface area contributed by atoms with Gasteiger partial charge in [-0.25, -0.2) is 4.79 Å². The van der Waals surface area contributed by atoms with Crippen molar-refractivity contribution in [3.63, 3.8) is 0 Å². The van der Waals surface area contributed by atoms with Crippen molar-refractivity contribution in [3.05, 3.63) is 107 Å². The summed E-state index contributed by atoms with van der Waals surface area (Å²) >= 11 is 0. The molecule has 2 bridgehead atoms. The number of allylic oxidation sites excluding steroid dienone is 6. The molecule has 4 heterocycles. The number of cyclic esters (lactones) is 1. The zero-order valence-corrected chi connectivity index (χ0v) is 52.3. The number of nitrogens with zero attached hydrogens (tertiary/aromatic N) is 1. The lowest BCUT2D eigenvalue weighted by Gasteiger charge is -2.44. The molecule has 1 amide bonds. The van der Waals surface area contributed by atoms with Crippen LogP contribution in [0.1, 0.15) is 144 Å². The molecule has 6 aliphatic rings. The van der Waals surface area contributed by atoms with Gasteiger partial charge in [0.05, 0.1) is 31.5 Å². The number of aliphatic hydroxyl groups excluding tert-OH is 1. The first-order chi connectivity index (χ1) is 41.0. The molecule has 86 heavy (non-hydrogen) atoms. The lowest BCUT2D eigenvalue weighted by molar-refractivity contribution is -0.286. The molecular weight excluding hydrogens is 1100 g/mol. The lowest BCUT2D eigenvalue weighted by Crippen LogP contribution is -2.61. The van der Waals surface area contributed by atoms with Crippen LogP contribution < -0.4 is 0 Å². The van der Waals surface area contributed by atoms with Crippen LogP contribution in [0.2, 0.25) is 0 Å².